The molecule has 35 heavy (non-hydrogen) atoms. The molecule has 0 saturated heterocycles. The van der Waals surface area contributed by atoms with E-state index in [2.05, 4.69) is 40.3 Å². The molecule has 0 aliphatic rings. The lowest BCUT2D eigenvalue weighted by atomic mass is 10.1. The summed E-state index contributed by atoms with van der Waals surface area (Å²) < 4.78 is 69.7. The Morgan fingerprint density at radius 3 is 2.34 bits per heavy atom. The number of ether oxygens (including phenoxy) is 2. The van der Waals surface area contributed by atoms with Gasteiger partial charge in [-0.1, -0.05) is 35.6 Å². The van der Waals surface area contributed by atoms with Gasteiger partial charge in [0.25, 0.3) is 0 Å². The van der Waals surface area contributed by atoms with Crippen molar-refractivity contribution in [1.29, 1.82) is 0 Å². The van der Waals surface area contributed by atoms with E-state index in [4.69, 9.17) is 14.5 Å². The summed E-state index contributed by atoms with van der Waals surface area (Å²) in [7, 11) is -1.31. The number of aromatic nitrogens is 2. The molecule has 0 radical (unpaired) electrons. The number of imidazole rings is 1. The van der Waals surface area contributed by atoms with Crippen LogP contribution < -0.4 is 4.72 Å². The van der Waals surface area contributed by atoms with Crippen molar-refractivity contribution >= 4 is 46.4 Å². The van der Waals surface area contributed by atoms with E-state index in [0.29, 0.717) is 17.9 Å². The number of benzene rings is 1. The van der Waals surface area contributed by atoms with E-state index in [0.717, 1.165) is 29.9 Å². The molecule has 2 atom stereocenters. The first-order valence-corrected chi connectivity index (χ1v) is 17.1. The minimum absolute atomic E-state index is 0.168. The highest BCUT2D eigenvalue weighted by molar-refractivity contribution is 9.10. The fraction of sp³-hybridized carbons (Fsp3) is 0.696. The molecule has 200 valence electrons. The maximum atomic E-state index is 13.5. The molecule has 1 aromatic heterocycles. The number of alkyl halides is 3. The van der Waals surface area contributed by atoms with Gasteiger partial charge in [-0.05, 0) is 58.9 Å². The molecule has 1 N–H and O–H groups in total. The maximum absolute atomic E-state index is 13.5. The third-order valence-corrected chi connectivity index (χ3v) is 9.18. The fourth-order valence-electron chi connectivity index (χ4n) is 2.90. The summed E-state index contributed by atoms with van der Waals surface area (Å²) in [4.78, 5) is 4.70. The van der Waals surface area contributed by atoms with Gasteiger partial charge in [-0.2, -0.15) is 13.2 Å². The Labute approximate surface area is 218 Å². The zero-order chi connectivity index (χ0) is 26.8. The monoisotopic (exact) mass is 599 g/mol. The van der Waals surface area contributed by atoms with E-state index in [1.165, 1.54) is 0 Å². The van der Waals surface area contributed by atoms with Crippen LogP contribution >= 0.6 is 15.9 Å². The first-order chi connectivity index (χ1) is 15.8. The highest BCUT2D eigenvalue weighted by Gasteiger charge is 2.49. The Balaban J connectivity index is 2.46. The van der Waals surface area contributed by atoms with Gasteiger partial charge < -0.3 is 18.6 Å². The number of nitrogens with one attached hydrogen (secondary N) is 1. The molecule has 2 rings (SSSR count). The predicted molar refractivity (Wildman–Crippen MR) is 141 cm³/mol. The van der Waals surface area contributed by atoms with Crippen LogP contribution in [0.1, 0.15) is 46.5 Å². The molecule has 0 fully saturated rings. The first-order valence-electron chi connectivity index (χ1n) is 11.4. The van der Waals surface area contributed by atoms with Crippen LogP contribution in [0.3, 0.4) is 0 Å². The number of halogens is 4. The normalized spacial score (nSPS) is 15.6. The lowest BCUT2D eigenvalue weighted by Crippen LogP contribution is -2.47. The molecule has 12 heteroatoms. The van der Waals surface area contributed by atoms with Gasteiger partial charge in [0.05, 0.1) is 17.6 Å². The van der Waals surface area contributed by atoms with Gasteiger partial charge in [-0.3, -0.25) is 0 Å². The minimum Gasteiger partial charge on any atom is -0.598 e. The smallest absolute Gasteiger partial charge is 0.416 e. The number of rotatable bonds is 11. The third kappa shape index (κ3) is 8.72. The molecule has 6 nitrogen and oxygen atoms in total. The van der Waals surface area contributed by atoms with Crippen LogP contribution in [0.4, 0.5) is 13.2 Å². The highest BCUT2D eigenvalue weighted by atomic mass is 79.9. The van der Waals surface area contributed by atoms with Crippen LogP contribution in [-0.2, 0) is 27.6 Å². The average Bonchev–Trinajstić information content (AvgIpc) is 3.03. The molecular formula is C23H37BrF3N3O3SSi. The minimum atomic E-state index is -4.56. The number of nitrogens with zero attached hydrogens (tertiary/aromatic N) is 2. The van der Waals surface area contributed by atoms with E-state index in [9.17, 15) is 17.7 Å². The molecule has 0 aliphatic heterocycles. The molecule has 2 aromatic rings. The van der Waals surface area contributed by atoms with Crippen molar-refractivity contribution in [3.05, 3.63) is 28.5 Å². The van der Waals surface area contributed by atoms with Crippen molar-refractivity contribution in [3.63, 3.8) is 0 Å². The quantitative estimate of drug-likeness (QED) is 0.180. The van der Waals surface area contributed by atoms with Gasteiger partial charge in [0.1, 0.15) is 23.3 Å². The van der Waals surface area contributed by atoms with E-state index < -0.39 is 42.0 Å². The summed E-state index contributed by atoms with van der Waals surface area (Å²) in [5, 5.41) is 0. The van der Waals surface area contributed by atoms with Crippen LogP contribution in [0, 0.1) is 0 Å². The molecule has 0 amide bonds. The van der Waals surface area contributed by atoms with Gasteiger partial charge in [0.2, 0.25) is 0 Å². The topological polar surface area (TPSA) is 71.4 Å². The van der Waals surface area contributed by atoms with Crippen molar-refractivity contribution in [1.82, 2.24) is 14.3 Å². The van der Waals surface area contributed by atoms with Gasteiger partial charge in [-0.25, -0.2) is 4.98 Å². The molecule has 1 heterocycles. The number of fused-ring (bicyclic) bond motifs is 1. The Morgan fingerprint density at radius 1 is 1.17 bits per heavy atom. The molecule has 0 bridgehead atoms. The lowest BCUT2D eigenvalue weighted by molar-refractivity contribution is -0.265. The van der Waals surface area contributed by atoms with Crippen molar-refractivity contribution < 1.29 is 27.2 Å². The highest BCUT2D eigenvalue weighted by Crippen LogP contribution is 2.34. The average molecular weight is 601 g/mol. The van der Waals surface area contributed by atoms with Gasteiger partial charge in [0.15, 0.2) is 5.60 Å². The van der Waals surface area contributed by atoms with Crippen LogP contribution in [-0.4, -0.2) is 51.9 Å². The van der Waals surface area contributed by atoms with Crippen molar-refractivity contribution in [2.75, 3.05) is 13.2 Å². The molecule has 0 aliphatic carbocycles. The molecule has 0 spiro atoms. The fourth-order valence-corrected chi connectivity index (χ4v) is 4.79. The van der Waals surface area contributed by atoms with E-state index in [1.54, 1.807) is 20.8 Å². The van der Waals surface area contributed by atoms with Crippen LogP contribution in [0.25, 0.3) is 11.0 Å². The number of hydrogen-bond acceptors (Lipinski definition) is 5. The molecule has 1 aromatic carbocycles. The van der Waals surface area contributed by atoms with Crippen molar-refractivity contribution in [2.24, 2.45) is 0 Å². The van der Waals surface area contributed by atoms with Crippen LogP contribution in [0.2, 0.25) is 25.7 Å². The second-order valence-corrected chi connectivity index (χ2v) is 19.8. The second-order valence-electron chi connectivity index (χ2n) is 11.2. The summed E-state index contributed by atoms with van der Waals surface area (Å²) in [5.41, 5.74) is -0.977. The lowest BCUT2D eigenvalue weighted by Gasteiger charge is -2.32. The standard InChI is InChI=1S/C23H37BrF3N3O3SSi/c1-21(2,3)34(31)29-18(14-33-22(4,5)23(25,26)27)20-28-17-13-16(24)9-10-19(17)30(20)15-32-11-12-35(6,7)8/h9-10,13,18,29H,11-12,14-15H2,1-8H3/t18-,34+/m0/s1. The SMILES string of the molecule is CC(C)(C)[S@@+]([O-])N[C@@H](COC(C)(C)C(F)(F)F)c1nc2cc(Br)ccc2n1COCC[Si](C)(C)C. The Kier molecular flexibility index (Phi) is 9.97. The molecule has 0 unspecified atom stereocenters. The largest absolute Gasteiger partial charge is 0.598 e. The van der Waals surface area contributed by atoms with Gasteiger partial charge in [-0.15, -0.1) is 4.72 Å². The first kappa shape index (κ1) is 30.6. The maximum Gasteiger partial charge on any atom is 0.416 e. The van der Waals surface area contributed by atoms with Crippen LogP contribution in [0.5, 0.6) is 0 Å². The third-order valence-electron chi connectivity index (χ3n) is 5.37. The van der Waals surface area contributed by atoms with E-state index in [1.807, 2.05) is 22.8 Å². The molecule has 0 saturated carbocycles. The van der Waals surface area contributed by atoms with Crippen molar-refractivity contribution in [2.45, 2.75) is 89.6 Å². The number of hydrogen-bond donors (Lipinski definition) is 1. The summed E-state index contributed by atoms with van der Waals surface area (Å²) >= 11 is 1.86. The Hall–Kier alpha value is -0.633. The zero-order valence-electron chi connectivity index (χ0n) is 21.7. The van der Waals surface area contributed by atoms with E-state index >= 15 is 0 Å². The molecular weight excluding hydrogens is 563 g/mol. The Bertz CT molecular complexity index is 991. The Morgan fingerprint density at radius 2 is 1.80 bits per heavy atom. The summed E-state index contributed by atoms with van der Waals surface area (Å²) in [6.45, 7) is 14.4. The second kappa shape index (κ2) is 11.4. The van der Waals surface area contributed by atoms with E-state index in [-0.39, 0.29) is 13.3 Å². The zero-order valence-corrected chi connectivity index (χ0v) is 25.1. The summed E-state index contributed by atoms with van der Waals surface area (Å²) in [6, 6.07) is 5.67. The predicted octanol–water partition coefficient (Wildman–Crippen LogP) is 6.56. The van der Waals surface area contributed by atoms with Gasteiger partial charge >= 0.3 is 6.18 Å². The van der Waals surface area contributed by atoms with Crippen molar-refractivity contribution in [3.8, 4) is 0 Å². The van der Waals surface area contributed by atoms with Crippen LogP contribution in [0.15, 0.2) is 22.7 Å². The summed E-state index contributed by atoms with van der Waals surface area (Å²) in [5.74, 6) is 0.404. The van der Waals surface area contributed by atoms with Gasteiger partial charge in [0, 0.05) is 30.5 Å². The summed E-state index contributed by atoms with van der Waals surface area (Å²) in [6.07, 6.45) is -4.56.